The highest BCUT2D eigenvalue weighted by molar-refractivity contribution is 7.14. The second kappa shape index (κ2) is 6.00. The van der Waals surface area contributed by atoms with E-state index in [1.54, 1.807) is 5.38 Å². The topological polar surface area (TPSA) is 85.8 Å². The van der Waals surface area contributed by atoms with E-state index in [2.05, 4.69) is 14.5 Å². The SMILES string of the molecule is COC(=O)Cc1csc(N2CC(C(=O)OC)CC2=O)n1. The number of aromatic nitrogens is 1. The summed E-state index contributed by atoms with van der Waals surface area (Å²) in [4.78, 5) is 40.2. The number of thiazole rings is 1. The number of methoxy groups -OCH3 is 2. The standard InChI is InChI=1S/C12H14N2O5S/c1-18-10(16)4-8-6-20-12(13-8)14-5-7(3-9(14)15)11(17)19-2/h6-7H,3-5H2,1-2H3. The molecule has 20 heavy (non-hydrogen) atoms. The van der Waals surface area contributed by atoms with Crippen LogP contribution in [0.15, 0.2) is 5.38 Å². The van der Waals surface area contributed by atoms with E-state index in [9.17, 15) is 14.4 Å². The first-order valence-electron chi connectivity index (χ1n) is 5.94. The summed E-state index contributed by atoms with van der Waals surface area (Å²) in [6.07, 6.45) is 0.189. The molecule has 1 fully saturated rings. The Morgan fingerprint density at radius 2 is 2.20 bits per heavy atom. The molecular weight excluding hydrogens is 284 g/mol. The monoisotopic (exact) mass is 298 g/mol. The Bertz CT molecular complexity index is 542. The minimum atomic E-state index is -0.458. The van der Waals surface area contributed by atoms with Gasteiger partial charge >= 0.3 is 11.9 Å². The van der Waals surface area contributed by atoms with E-state index in [1.165, 1.54) is 30.5 Å². The number of anilines is 1. The molecule has 1 amide bonds. The summed E-state index contributed by atoms with van der Waals surface area (Å²) in [6, 6.07) is 0. The fourth-order valence-electron chi connectivity index (χ4n) is 1.94. The van der Waals surface area contributed by atoms with Crippen LogP contribution in [-0.2, 0) is 30.3 Å². The van der Waals surface area contributed by atoms with Crippen LogP contribution in [0.5, 0.6) is 0 Å². The molecule has 108 valence electrons. The lowest BCUT2D eigenvalue weighted by molar-refractivity contribution is -0.145. The highest BCUT2D eigenvalue weighted by Crippen LogP contribution is 2.28. The Balaban J connectivity index is 2.07. The lowest BCUT2D eigenvalue weighted by Gasteiger charge is -2.11. The summed E-state index contributed by atoms with van der Waals surface area (Å²) in [7, 11) is 2.61. The van der Waals surface area contributed by atoms with Gasteiger partial charge in [-0.25, -0.2) is 4.98 Å². The van der Waals surface area contributed by atoms with E-state index in [1.807, 2.05) is 0 Å². The van der Waals surface area contributed by atoms with E-state index in [0.29, 0.717) is 10.8 Å². The van der Waals surface area contributed by atoms with Crippen molar-refractivity contribution in [3.63, 3.8) is 0 Å². The van der Waals surface area contributed by atoms with Gasteiger partial charge < -0.3 is 9.47 Å². The number of carbonyl (C=O) groups excluding carboxylic acids is 3. The Morgan fingerprint density at radius 3 is 2.85 bits per heavy atom. The van der Waals surface area contributed by atoms with E-state index < -0.39 is 11.9 Å². The summed E-state index contributed by atoms with van der Waals surface area (Å²) in [6.45, 7) is 0.261. The summed E-state index contributed by atoms with van der Waals surface area (Å²) >= 11 is 1.26. The second-order valence-corrected chi connectivity index (χ2v) is 5.14. The lowest BCUT2D eigenvalue weighted by Crippen LogP contribution is -2.26. The molecule has 1 saturated heterocycles. The van der Waals surface area contributed by atoms with Crippen LogP contribution in [0.4, 0.5) is 5.13 Å². The van der Waals surface area contributed by atoms with Crippen LogP contribution in [0.25, 0.3) is 0 Å². The van der Waals surface area contributed by atoms with Crippen LogP contribution >= 0.6 is 11.3 Å². The predicted octanol–water partition coefficient (Wildman–Crippen LogP) is 0.384. The Morgan fingerprint density at radius 1 is 1.45 bits per heavy atom. The first kappa shape index (κ1) is 14.4. The van der Waals surface area contributed by atoms with Crippen LogP contribution in [-0.4, -0.2) is 43.6 Å². The van der Waals surface area contributed by atoms with Gasteiger partial charge in [0.2, 0.25) is 5.91 Å². The van der Waals surface area contributed by atoms with Crippen LogP contribution < -0.4 is 4.90 Å². The molecule has 1 aromatic heterocycles. The molecule has 1 aliphatic rings. The van der Waals surface area contributed by atoms with Crippen molar-refractivity contribution in [1.29, 1.82) is 0 Å². The largest absolute Gasteiger partial charge is 0.469 e. The summed E-state index contributed by atoms with van der Waals surface area (Å²) in [5.41, 5.74) is 0.547. The Labute approximate surface area is 119 Å². The van der Waals surface area contributed by atoms with Gasteiger partial charge in [0.05, 0.1) is 32.3 Å². The third-order valence-corrected chi connectivity index (χ3v) is 3.90. The maximum absolute atomic E-state index is 11.9. The predicted molar refractivity (Wildman–Crippen MR) is 70.3 cm³/mol. The van der Waals surface area contributed by atoms with E-state index in [4.69, 9.17) is 0 Å². The average Bonchev–Trinajstić information content (AvgIpc) is 3.04. The summed E-state index contributed by atoms with van der Waals surface area (Å²) < 4.78 is 9.20. The third-order valence-electron chi connectivity index (χ3n) is 2.98. The normalized spacial score (nSPS) is 18.2. The molecule has 2 heterocycles. The number of ether oxygens (including phenoxy) is 2. The quantitative estimate of drug-likeness (QED) is 0.747. The van der Waals surface area contributed by atoms with Crippen molar-refractivity contribution in [3.8, 4) is 0 Å². The van der Waals surface area contributed by atoms with E-state index in [-0.39, 0.29) is 31.3 Å². The number of rotatable bonds is 4. The van der Waals surface area contributed by atoms with Gasteiger partial charge in [-0.05, 0) is 0 Å². The zero-order valence-electron chi connectivity index (χ0n) is 11.1. The van der Waals surface area contributed by atoms with Gasteiger partial charge in [0.25, 0.3) is 0 Å². The maximum Gasteiger partial charge on any atom is 0.311 e. The Kier molecular flexibility index (Phi) is 4.33. The van der Waals surface area contributed by atoms with Crippen molar-refractivity contribution in [3.05, 3.63) is 11.1 Å². The molecule has 8 heteroatoms. The summed E-state index contributed by atoms with van der Waals surface area (Å²) in [5, 5.41) is 2.19. The molecule has 7 nitrogen and oxygen atoms in total. The molecule has 0 spiro atoms. The van der Waals surface area contributed by atoms with Gasteiger partial charge in [0.1, 0.15) is 0 Å². The van der Waals surface area contributed by atoms with Gasteiger partial charge in [-0.2, -0.15) is 0 Å². The molecule has 0 saturated carbocycles. The molecular formula is C12H14N2O5S. The minimum absolute atomic E-state index is 0.0649. The third kappa shape index (κ3) is 2.96. The van der Waals surface area contributed by atoms with Gasteiger partial charge in [0, 0.05) is 18.3 Å². The van der Waals surface area contributed by atoms with Crippen molar-refractivity contribution in [2.24, 2.45) is 5.92 Å². The fraction of sp³-hybridized carbons (Fsp3) is 0.500. The fourth-order valence-corrected chi connectivity index (χ4v) is 2.79. The average molecular weight is 298 g/mol. The van der Waals surface area contributed by atoms with Crippen molar-refractivity contribution < 1.29 is 23.9 Å². The van der Waals surface area contributed by atoms with Gasteiger partial charge in [-0.1, -0.05) is 0 Å². The van der Waals surface area contributed by atoms with Crippen molar-refractivity contribution in [1.82, 2.24) is 4.98 Å². The molecule has 1 atom stereocenters. The highest BCUT2D eigenvalue weighted by Gasteiger charge is 2.37. The zero-order valence-corrected chi connectivity index (χ0v) is 11.9. The Hall–Kier alpha value is -1.96. The highest BCUT2D eigenvalue weighted by atomic mass is 32.1. The molecule has 0 bridgehead atoms. The van der Waals surface area contributed by atoms with E-state index >= 15 is 0 Å². The second-order valence-electron chi connectivity index (χ2n) is 4.30. The molecule has 2 rings (SSSR count). The van der Waals surface area contributed by atoms with Gasteiger partial charge in [0.15, 0.2) is 5.13 Å². The smallest absolute Gasteiger partial charge is 0.311 e. The minimum Gasteiger partial charge on any atom is -0.469 e. The van der Waals surface area contributed by atoms with E-state index in [0.717, 1.165) is 0 Å². The number of carbonyl (C=O) groups is 3. The molecule has 0 N–H and O–H groups in total. The first-order valence-corrected chi connectivity index (χ1v) is 6.82. The van der Waals surface area contributed by atoms with Crippen molar-refractivity contribution in [2.75, 3.05) is 25.7 Å². The molecule has 0 aromatic carbocycles. The van der Waals surface area contributed by atoms with Crippen LogP contribution in [0.3, 0.4) is 0 Å². The number of nitrogens with zero attached hydrogens (tertiary/aromatic N) is 2. The number of hydrogen-bond acceptors (Lipinski definition) is 7. The lowest BCUT2D eigenvalue weighted by atomic mass is 10.1. The molecule has 0 aliphatic carbocycles. The van der Waals surface area contributed by atoms with Crippen LogP contribution in [0, 0.1) is 5.92 Å². The van der Waals surface area contributed by atoms with Gasteiger partial charge in [-0.15, -0.1) is 11.3 Å². The number of amides is 1. The first-order chi connectivity index (χ1) is 9.55. The maximum atomic E-state index is 11.9. The molecule has 1 aromatic rings. The molecule has 1 aliphatic heterocycles. The summed E-state index contributed by atoms with van der Waals surface area (Å²) in [5.74, 6) is -1.41. The van der Waals surface area contributed by atoms with Crippen LogP contribution in [0.1, 0.15) is 12.1 Å². The molecule has 0 radical (unpaired) electrons. The van der Waals surface area contributed by atoms with Crippen LogP contribution in [0.2, 0.25) is 0 Å². The van der Waals surface area contributed by atoms with Crippen molar-refractivity contribution >= 4 is 34.3 Å². The molecule has 1 unspecified atom stereocenters. The van der Waals surface area contributed by atoms with Crippen molar-refractivity contribution in [2.45, 2.75) is 12.8 Å². The van der Waals surface area contributed by atoms with Gasteiger partial charge in [-0.3, -0.25) is 19.3 Å². The number of esters is 2. The zero-order chi connectivity index (χ0) is 14.7. The number of hydrogen-bond donors (Lipinski definition) is 0.